The molecule has 0 saturated heterocycles. The van der Waals surface area contributed by atoms with Crippen LogP contribution in [-0.4, -0.2) is 35.4 Å². The second kappa shape index (κ2) is 8.09. The Morgan fingerprint density at radius 2 is 2.15 bits per heavy atom. The summed E-state index contributed by atoms with van der Waals surface area (Å²) in [7, 11) is 0. The summed E-state index contributed by atoms with van der Waals surface area (Å²) in [6, 6.07) is 0. The first-order chi connectivity index (χ1) is 9.53. The van der Waals surface area contributed by atoms with Gasteiger partial charge in [-0.1, -0.05) is 38.5 Å². The SMILES string of the molecule is CCCNc1nc(N)c(C(=O)N(CC)CC(C)CC)s1. The number of anilines is 2. The fourth-order valence-electron chi connectivity index (χ4n) is 1.80. The molecule has 0 saturated carbocycles. The van der Waals surface area contributed by atoms with Crippen LogP contribution in [0.2, 0.25) is 0 Å². The molecule has 0 fully saturated rings. The van der Waals surface area contributed by atoms with Crippen molar-refractivity contribution < 1.29 is 4.79 Å². The van der Waals surface area contributed by atoms with Crippen molar-refractivity contribution in [2.45, 2.75) is 40.5 Å². The van der Waals surface area contributed by atoms with Crippen molar-refractivity contribution in [2.24, 2.45) is 5.92 Å². The number of nitrogens with two attached hydrogens (primary N) is 1. The number of carbonyl (C=O) groups excluding carboxylic acids is 1. The number of hydrogen-bond donors (Lipinski definition) is 2. The normalized spacial score (nSPS) is 12.2. The summed E-state index contributed by atoms with van der Waals surface area (Å²) in [5.74, 6) is 0.819. The highest BCUT2D eigenvalue weighted by atomic mass is 32.1. The van der Waals surface area contributed by atoms with Gasteiger partial charge in [-0.05, 0) is 19.3 Å². The van der Waals surface area contributed by atoms with Gasteiger partial charge in [-0.3, -0.25) is 4.79 Å². The zero-order chi connectivity index (χ0) is 15.1. The highest BCUT2D eigenvalue weighted by Gasteiger charge is 2.22. The van der Waals surface area contributed by atoms with E-state index in [1.54, 1.807) is 0 Å². The van der Waals surface area contributed by atoms with Crippen molar-refractivity contribution in [3.05, 3.63) is 4.88 Å². The highest BCUT2D eigenvalue weighted by molar-refractivity contribution is 7.18. The van der Waals surface area contributed by atoms with Crippen molar-refractivity contribution in [1.29, 1.82) is 0 Å². The fourth-order valence-corrected chi connectivity index (χ4v) is 2.68. The molecule has 0 aliphatic carbocycles. The molecule has 0 radical (unpaired) electrons. The molecule has 1 amide bonds. The van der Waals surface area contributed by atoms with E-state index in [9.17, 15) is 4.79 Å². The minimum Gasteiger partial charge on any atom is -0.382 e. The second-order valence-corrected chi connectivity index (χ2v) is 6.02. The van der Waals surface area contributed by atoms with E-state index in [0.29, 0.717) is 23.2 Å². The van der Waals surface area contributed by atoms with Crippen LogP contribution >= 0.6 is 11.3 Å². The van der Waals surface area contributed by atoms with Gasteiger partial charge in [0.1, 0.15) is 10.7 Å². The Labute approximate surface area is 125 Å². The Morgan fingerprint density at radius 1 is 1.45 bits per heavy atom. The maximum absolute atomic E-state index is 12.5. The molecule has 0 spiro atoms. The maximum Gasteiger partial charge on any atom is 0.267 e. The number of rotatable bonds is 8. The summed E-state index contributed by atoms with van der Waals surface area (Å²) in [5.41, 5.74) is 5.88. The smallest absolute Gasteiger partial charge is 0.267 e. The molecule has 1 unspecified atom stereocenters. The summed E-state index contributed by atoms with van der Waals surface area (Å²) in [6.07, 6.45) is 2.07. The Hall–Kier alpha value is -1.30. The van der Waals surface area contributed by atoms with Crippen LogP contribution in [0, 0.1) is 5.92 Å². The Kier molecular flexibility index (Phi) is 6.78. The molecule has 0 aliphatic rings. The molecule has 114 valence electrons. The lowest BCUT2D eigenvalue weighted by Gasteiger charge is -2.23. The largest absolute Gasteiger partial charge is 0.382 e. The molecule has 1 rings (SSSR count). The predicted octanol–water partition coefficient (Wildman–Crippen LogP) is 3.06. The average molecular weight is 298 g/mol. The van der Waals surface area contributed by atoms with Crippen molar-refractivity contribution in [3.8, 4) is 0 Å². The summed E-state index contributed by atoms with van der Waals surface area (Å²) >= 11 is 1.35. The van der Waals surface area contributed by atoms with E-state index >= 15 is 0 Å². The lowest BCUT2D eigenvalue weighted by atomic mass is 10.1. The van der Waals surface area contributed by atoms with Crippen molar-refractivity contribution >= 4 is 28.2 Å². The lowest BCUT2D eigenvalue weighted by molar-refractivity contribution is 0.0746. The van der Waals surface area contributed by atoms with Crippen molar-refractivity contribution in [1.82, 2.24) is 9.88 Å². The second-order valence-electron chi connectivity index (χ2n) is 5.02. The first-order valence-corrected chi connectivity index (χ1v) is 8.14. The van der Waals surface area contributed by atoms with E-state index in [-0.39, 0.29) is 5.91 Å². The standard InChI is InChI=1S/C14H26N4OS/c1-5-8-16-14-17-12(15)11(20-14)13(19)18(7-3)9-10(4)6-2/h10H,5-9,15H2,1-4H3,(H,16,17). The van der Waals surface area contributed by atoms with Crippen LogP contribution in [0.25, 0.3) is 0 Å². The topological polar surface area (TPSA) is 71.2 Å². The minimum atomic E-state index is -0.00708. The van der Waals surface area contributed by atoms with Crippen molar-refractivity contribution in [3.63, 3.8) is 0 Å². The first kappa shape index (κ1) is 16.8. The molecule has 5 nitrogen and oxygen atoms in total. The van der Waals surface area contributed by atoms with Gasteiger partial charge in [0.25, 0.3) is 5.91 Å². The zero-order valence-electron chi connectivity index (χ0n) is 12.9. The van der Waals surface area contributed by atoms with E-state index < -0.39 is 0 Å². The fraction of sp³-hybridized carbons (Fsp3) is 0.714. The molecule has 0 bridgehead atoms. The molecule has 1 atom stereocenters. The van der Waals surface area contributed by atoms with E-state index in [0.717, 1.165) is 31.1 Å². The monoisotopic (exact) mass is 298 g/mol. The first-order valence-electron chi connectivity index (χ1n) is 7.32. The van der Waals surface area contributed by atoms with Crippen LogP contribution < -0.4 is 11.1 Å². The molecule has 20 heavy (non-hydrogen) atoms. The third-order valence-electron chi connectivity index (χ3n) is 3.27. The lowest BCUT2D eigenvalue weighted by Crippen LogP contribution is -2.34. The van der Waals surface area contributed by atoms with Gasteiger partial charge in [-0.2, -0.15) is 0 Å². The van der Waals surface area contributed by atoms with Gasteiger partial charge in [-0.15, -0.1) is 0 Å². The Balaban J connectivity index is 2.81. The molecule has 0 aliphatic heterocycles. The molecular formula is C14H26N4OS. The van der Waals surface area contributed by atoms with Crippen LogP contribution in [0.15, 0.2) is 0 Å². The molecule has 6 heteroatoms. The maximum atomic E-state index is 12.5. The van der Waals surface area contributed by atoms with Gasteiger partial charge in [0, 0.05) is 19.6 Å². The third kappa shape index (κ3) is 4.37. The molecule has 1 heterocycles. The number of amides is 1. The van der Waals surface area contributed by atoms with Crippen molar-refractivity contribution in [2.75, 3.05) is 30.7 Å². The van der Waals surface area contributed by atoms with Crippen LogP contribution in [-0.2, 0) is 0 Å². The zero-order valence-corrected chi connectivity index (χ0v) is 13.7. The minimum absolute atomic E-state index is 0.00708. The number of aromatic nitrogens is 1. The quantitative estimate of drug-likeness (QED) is 0.774. The third-order valence-corrected chi connectivity index (χ3v) is 4.29. The molecule has 1 aromatic rings. The average Bonchev–Trinajstić information content (AvgIpc) is 2.82. The molecule has 1 aromatic heterocycles. The number of nitrogen functional groups attached to an aromatic ring is 1. The summed E-state index contributed by atoms with van der Waals surface area (Å²) in [5, 5.41) is 3.90. The molecule has 3 N–H and O–H groups in total. The predicted molar refractivity (Wildman–Crippen MR) is 86.3 cm³/mol. The van der Waals surface area contributed by atoms with Crippen LogP contribution in [0.3, 0.4) is 0 Å². The molecule has 0 aromatic carbocycles. The van der Waals surface area contributed by atoms with Crippen LogP contribution in [0.1, 0.15) is 50.2 Å². The summed E-state index contributed by atoms with van der Waals surface area (Å²) in [4.78, 5) is 19.1. The van der Waals surface area contributed by atoms with Gasteiger partial charge >= 0.3 is 0 Å². The van der Waals surface area contributed by atoms with Gasteiger partial charge in [0.05, 0.1) is 0 Å². The van der Waals surface area contributed by atoms with Gasteiger partial charge in [0.15, 0.2) is 5.13 Å². The number of nitrogens with one attached hydrogen (secondary N) is 1. The van der Waals surface area contributed by atoms with Gasteiger partial charge in [0.2, 0.25) is 0 Å². The van der Waals surface area contributed by atoms with E-state index in [4.69, 9.17) is 5.73 Å². The number of thiazole rings is 1. The number of carbonyl (C=O) groups is 1. The van der Waals surface area contributed by atoms with Gasteiger partial charge < -0.3 is 16.0 Å². The van der Waals surface area contributed by atoms with Crippen LogP contribution in [0.5, 0.6) is 0 Å². The van der Waals surface area contributed by atoms with E-state index in [1.165, 1.54) is 11.3 Å². The molecular weight excluding hydrogens is 272 g/mol. The highest BCUT2D eigenvalue weighted by Crippen LogP contribution is 2.26. The number of hydrogen-bond acceptors (Lipinski definition) is 5. The Morgan fingerprint density at radius 3 is 2.70 bits per heavy atom. The van der Waals surface area contributed by atoms with Crippen LogP contribution in [0.4, 0.5) is 10.9 Å². The van der Waals surface area contributed by atoms with E-state index in [1.807, 2.05) is 11.8 Å². The Bertz CT molecular complexity index is 433. The van der Waals surface area contributed by atoms with Gasteiger partial charge in [-0.25, -0.2) is 4.98 Å². The summed E-state index contributed by atoms with van der Waals surface area (Å²) < 4.78 is 0. The van der Waals surface area contributed by atoms with E-state index in [2.05, 4.69) is 31.1 Å². The summed E-state index contributed by atoms with van der Waals surface area (Å²) in [6.45, 7) is 10.7. The number of nitrogens with zero attached hydrogens (tertiary/aromatic N) is 2.